The second-order valence-corrected chi connectivity index (χ2v) is 5.37. The molecule has 0 fully saturated rings. The summed E-state index contributed by atoms with van der Waals surface area (Å²) in [6.45, 7) is 0.781. The quantitative estimate of drug-likeness (QED) is 0.731. The van der Waals surface area contributed by atoms with E-state index in [2.05, 4.69) is 5.32 Å². The lowest BCUT2D eigenvalue weighted by Gasteiger charge is -2.13. The van der Waals surface area contributed by atoms with Crippen molar-refractivity contribution in [1.82, 2.24) is 5.32 Å². The van der Waals surface area contributed by atoms with E-state index in [-0.39, 0.29) is 5.75 Å². The van der Waals surface area contributed by atoms with Gasteiger partial charge in [0.1, 0.15) is 5.75 Å². The predicted molar refractivity (Wildman–Crippen MR) is 74.3 cm³/mol. The number of likely N-dealkylation sites (N-methyl/N-ethyl adjacent to an activating group) is 1. The Morgan fingerprint density at radius 3 is 2.53 bits per heavy atom. The number of rotatable bonds is 5. The average Bonchev–Trinajstić information content (AvgIpc) is 2.34. The van der Waals surface area contributed by atoms with Crippen molar-refractivity contribution in [2.75, 3.05) is 13.6 Å². The van der Waals surface area contributed by atoms with Crippen LogP contribution in [-0.2, 0) is 11.0 Å². The molecule has 2 rings (SSSR count). The molecule has 0 aromatic heterocycles. The molecule has 6 heteroatoms. The van der Waals surface area contributed by atoms with Gasteiger partial charge >= 0.3 is 7.82 Å². The Balaban J connectivity index is 2.54. The molecule has 0 spiro atoms. The molecule has 0 heterocycles. The monoisotopic (exact) mass is 281 g/mol. The van der Waals surface area contributed by atoms with Gasteiger partial charge < -0.3 is 9.84 Å². The summed E-state index contributed by atoms with van der Waals surface area (Å²) in [7, 11) is -2.69. The molecule has 0 saturated heterocycles. The number of fused-ring (bicyclic) bond motifs is 1. The van der Waals surface area contributed by atoms with E-state index in [4.69, 9.17) is 14.3 Å². The van der Waals surface area contributed by atoms with Crippen molar-refractivity contribution < 1.29 is 18.9 Å². The van der Waals surface area contributed by atoms with Crippen molar-refractivity contribution in [3.05, 3.63) is 42.0 Å². The van der Waals surface area contributed by atoms with Crippen molar-refractivity contribution in [3.8, 4) is 5.75 Å². The highest BCUT2D eigenvalue weighted by Crippen LogP contribution is 2.41. The smallest absolute Gasteiger partial charge is 0.404 e. The number of hydrogen-bond acceptors (Lipinski definition) is 3. The summed E-state index contributed by atoms with van der Waals surface area (Å²) in [6.07, 6.45) is 0.759. The standard InChI is InChI=1S/C13H16NO4P/c1-14-9-8-11-5-2-4-10-6-3-7-12(13(10)11)18-19(15,16)17/h2-7,14H,8-9H2,1H3,(H2,15,16,17). The van der Waals surface area contributed by atoms with Gasteiger partial charge in [0.05, 0.1) is 0 Å². The number of nitrogens with one attached hydrogen (secondary N) is 1. The van der Waals surface area contributed by atoms with Crippen LogP contribution in [0.15, 0.2) is 36.4 Å². The van der Waals surface area contributed by atoms with Gasteiger partial charge in [-0.05, 0) is 37.0 Å². The van der Waals surface area contributed by atoms with Crippen molar-refractivity contribution in [2.24, 2.45) is 0 Å². The Labute approximate surface area is 111 Å². The van der Waals surface area contributed by atoms with E-state index >= 15 is 0 Å². The normalized spacial score (nSPS) is 11.7. The van der Waals surface area contributed by atoms with Crippen LogP contribution in [0.2, 0.25) is 0 Å². The molecule has 0 unspecified atom stereocenters. The zero-order valence-electron chi connectivity index (χ0n) is 10.5. The summed E-state index contributed by atoms with van der Waals surface area (Å²) in [5, 5.41) is 4.71. The minimum Gasteiger partial charge on any atom is -0.404 e. The molecule has 2 aromatic carbocycles. The van der Waals surface area contributed by atoms with Crippen molar-refractivity contribution >= 4 is 18.6 Å². The molecule has 0 bridgehead atoms. The van der Waals surface area contributed by atoms with Gasteiger partial charge in [-0.2, -0.15) is 0 Å². The zero-order chi connectivity index (χ0) is 13.9. The van der Waals surface area contributed by atoms with Gasteiger partial charge in [-0.25, -0.2) is 4.57 Å². The van der Waals surface area contributed by atoms with Gasteiger partial charge in [0.25, 0.3) is 0 Å². The molecule has 5 nitrogen and oxygen atoms in total. The van der Waals surface area contributed by atoms with E-state index in [1.165, 1.54) is 0 Å². The lowest BCUT2D eigenvalue weighted by molar-refractivity contribution is 0.284. The third-order valence-electron chi connectivity index (χ3n) is 2.81. The van der Waals surface area contributed by atoms with Crippen LogP contribution in [0.25, 0.3) is 10.8 Å². The van der Waals surface area contributed by atoms with E-state index in [0.717, 1.165) is 29.3 Å². The first-order chi connectivity index (χ1) is 9.01. The second-order valence-electron chi connectivity index (χ2n) is 4.21. The molecule has 2 aromatic rings. The maximum atomic E-state index is 11.0. The van der Waals surface area contributed by atoms with Crippen LogP contribution < -0.4 is 9.84 Å². The second kappa shape index (κ2) is 5.72. The largest absolute Gasteiger partial charge is 0.524 e. The van der Waals surface area contributed by atoms with E-state index in [0.29, 0.717) is 0 Å². The van der Waals surface area contributed by atoms with Crippen molar-refractivity contribution in [3.63, 3.8) is 0 Å². The van der Waals surface area contributed by atoms with Crippen LogP contribution in [0.3, 0.4) is 0 Å². The number of benzene rings is 2. The van der Waals surface area contributed by atoms with E-state index in [1.807, 2.05) is 31.3 Å². The summed E-state index contributed by atoms with van der Waals surface area (Å²) in [5.41, 5.74) is 0.996. The van der Waals surface area contributed by atoms with Gasteiger partial charge in [0, 0.05) is 5.39 Å². The van der Waals surface area contributed by atoms with Gasteiger partial charge in [0.2, 0.25) is 0 Å². The Hall–Kier alpha value is -1.39. The first-order valence-electron chi connectivity index (χ1n) is 5.91. The van der Waals surface area contributed by atoms with Gasteiger partial charge in [-0.15, -0.1) is 0 Å². The lowest BCUT2D eigenvalue weighted by Crippen LogP contribution is -2.10. The molecule has 0 aliphatic carbocycles. The predicted octanol–water partition coefficient (Wildman–Crippen LogP) is 2.07. The Morgan fingerprint density at radius 1 is 1.21 bits per heavy atom. The molecule has 0 saturated carbocycles. The highest BCUT2D eigenvalue weighted by atomic mass is 31.2. The molecule has 0 radical (unpaired) electrons. The number of hydrogen-bond donors (Lipinski definition) is 3. The fourth-order valence-corrected chi connectivity index (χ4v) is 2.46. The summed E-state index contributed by atoms with van der Waals surface area (Å²) in [5.74, 6) is 0.220. The first kappa shape index (κ1) is 14.0. The molecule has 0 aliphatic heterocycles. The summed E-state index contributed by atoms with van der Waals surface area (Å²) >= 11 is 0. The summed E-state index contributed by atoms with van der Waals surface area (Å²) in [6, 6.07) is 10.9. The third kappa shape index (κ3) is 3.55. The van der Waals surface area contributed by atoms with Gasteiger partial charge in [0.15, 0.2) is 0 Å². The van der Waals surface area contributed by atoms with E-state index in [1.54, 1.807) is 12.1 Å². The number of phosphoric ester groups is 1. The van der Waals surface area contributed by atoms with Crippen molar-refractivity contribution in [2.45, 2.75) is 6.42 Å². The first-order valence-corrected chi connectivity index (χ1v) is 7.44. The SMILES string of the molecule is CNCCc1cccc2cccc(OP(=O)(O)O)c12. The fourth-order valence-electron chi connectivity index (χ4n) is 2.05. The molecular formula is C13H16NO4P. The molecule has 0 amide bonds. The molecule has 3 N–H and O–H groups in total. The molecule has 0 aliphatic rings. The van der Waals surface area contributed by atoms with E-state index < -0.39 is 7.82 Å². The Morgan fingerprint density at radius 2 is 1.89 bits per heavy atom. The fraction of sp³-hybridized carbons (Fsp3) is 0.231. The van der Waals surface area contributed by atoms with Crippen LogP contribution in [0.1, 0.15) is 5.56 Å². The topological polar surface area (TPSA) is 78.8 Å². The lowest BCUT2D eigenvalue weighted by atomic mass is 10.0. The van der Waals surface area contributed by atoms with Crippen LogP contribution in [0.5, 0.6) is 5.75 Å². The van der Waals surface area contributed by atoms with E-state index in [9.17, 15) is 4.57 Å². The minimum atomic E-state index is -4.55. The molecular weight excluding hydrogens is 265 g/mol. The minimum absolute atomic E-state index is 0.220. The molecule has 0 atom stereocenters. The zero-order valence-corrected chi connectivity index (χ0v) is 11.4. The third-order valence-corrected chi connectivity index (χ3v) is 3.25. The highest BCUT2D eigenvalue weighted by molar-refractivity contribution is 7.46. The maximum absolute atomic E-state index is 11.0. The molecule has 102 valence electrons. The van der Waals surface area contributed by atoms with Crippen LogP contribution in [0, 0.1) is 0 Å². The van der Waals surface area contributed by atoms with Crippen LogP contribution in [0.4, 0.5) is 0 Å². The summed E-state index contributed by atoms with van der Waals surface area (Å²) < 4.78 is 15.8. The Kier molecular flexibility index (Phi) is 4.22. The average molecular weight is 281 g/mol. The Bertz CT molecular complexity index is 618. The van der Waals surface area contributed by atoms with Crippen LogP contribution >= 0.6 is 7.82 Å². The highest BCUT2D eigenvalue weighted by Gasteiger charge is 2.18. The maximum Gasteiger partial charge on any atom is 0.524 e. The van der Waals surface area contributed by atoms with Gasteiger partial charge in [-0.3, -0.25) is 9.79 Å². The van der Waals surface area contributed by atoms with Crippen molar-refractivity contribution in [1.29, 1.82) is 0 Å². The van der Waals surface area contributed by atoms with Crippen LogP contribution in [-0.4, -0.2) is 23.4 Å². The molecule has 19 heavy (non-hydrogen) atoms. The summed E-state index contributed by atoms with van der Waals surface area (Å²) in [4.78, 5) is 17.9. The number of phosphoric acid groups is 1. The van der Waals surface area contributed by atoms with Gasteiger partial charge in [-0.1, -0.05) is 30.3 Å².